The summed E-state index contributed by atoms with van der Waals surface area (Å²) in [6, 6.07) is 7.86. The molecule has 0 aromatic heterocycles. The number of hydrogen-bond donors (Lipinski definition) is 0. The van der Waals surface area contributed by atoms with Gasteiger partial charge in [-0.05, 0) is 425 Å². The summed E-state index contributed by atoms with van der Waals surface area (Å²) in [5, 5.41) is 0. The Morgan fingerprint density at radius 2 is 0.464 bits per heavy atom. The predicted octanol–water partition coefficient (Wildman–Crippen LogP) is 25.7. The fourth-order valence-corrected chi connectivity index (χ4v) is 31.5. The summed E-state index contributed by atoms with van der Waals surface area (Å²) < 4.78 is 12.1. The Morgan fingerprint density at radius 1 is 0.255 bits per heavy atom. The van der Waals surface area contributed by atoms with Crippen molar-refractivity contribution in [1.29, 1.82) is 0 Å². The van der Waals surface area contributed by atoms with Crippen LogP contribution in [0, 0.1) is 140 Å². The highest BCUT2D eigenvalue weighted by Crippen LogP contribution is 2.70. The minimum absolute atomic E-state index is 0.0576. The van der Waals surface area contributed by atoms with Crippen molar-refractivity contribution in [2.24, 2.45) is 140 Å². The van der Waals surface area contributed by atoms with E-state index in [4.69, 9.17) is 9.47 Å². The molecule has 0 aromatic carbocycles. The largest absolute Gasteiger partial charge is 0.466 e. The van der Waals surface area contributed by atoms with Crippen molar-refractivity contribution in [2.75, 3.05) is 13.2 Å². The second kappa shape index (κ2) is 36.0. The van der Waals surface area contributed by atoms with Crippen LogP contribution in [0.3, 0.4) is 0 Å². The van der Waals surface area contributed by atoms with E-state index in [1.165, 1.54) is 257 Å². The van der Waals surface area contributed by atoms with Gasteiger partial charge < -0.3 is 9.47 Å². The lowest BCUT2D eigenvalue weighted by atomic mass is 9.38. The summed E-state index contributed by atoms with van der Waals surface area (Å²) >= 11 is 0. The summed E-state index contributed by atoms with van der Waals surface area (Å²) in [6.07, 6.45) is 59.8. The van der Waals surface area contributed by atoms with Crippen molar-refractivity contribution < 1.29 is 19.1 Å². The SMILES string of the molecule is CCOC(=O)C1CCC(C2CC3C4C5C(CC(C6CCC(C(=O)OCC)CC6)C4C(N(C4CCC(C)CC4)C4CCC(C(C)(C)C)CC4)CC3N(C3CCC(C)CC3)C3CCC(C(C)(C)C)CC3)C(N(C3CCC(C)CC3)C3CCC(C(C)(C)C)CC3)CC(N(C3CCC(C)CC3)C3CCC(C(C)(C)C)CC3)C25)CC1. The van der Waals surface area contributed by atoms with Gasteiger partial charge in [0, 0.05) is 72.5 Å². The fourth-order valence-electron chi connectivity index (χ4n) is 31.5. The van der Waals surface area contributed by atoms with Crippen LogP contribution in [0.5, 0.6) is 0 Å². The average molecular weight is 1520 g/mol. The van der Waals surface area contributed by atoms with Crippen molar-refractivity contribution >= 4 is 11.9 Å². The number of rotatable bonds is 18. The van der Waals surface area contributed by atoms with E-state index in [0.29, 0.717) is 167 Å². The maximum atomic E-state index is 14.3. The second-order valence-corrected chi connectivity index (χ2v) is 47.8. The topological polar surface area (TPSA) is 65.6 Å². The Bertz CT molecular complexity index is 2640. The van der Waals surface area contributed by atoms with Gasteiger partial charge in [-0.15, -0.1) is 0 Å². The van der Waals surface area contributed by atoms with Crippen molar-refractivity contribution in [3.8, 4) is 0 Å². The van der Waals surface area contributed by atoms with Crippen LogP contribution in [0.4, 0.5) is 0 Å². The van der Waals surface area contributed by atoms with Crippen LogP contribution in [0.15, 0.2) is 0 Å². The molecule has 12 atom stereocenters. The number of nitrogens with zero attached hydrogens (tertiary/aromatic N) is 4. The molecule has 0 heterocycles. The molecule has 0 radical (unpaired) electrons. The Kier molecular flexibility index (Phi) is 27.9. The fraction of sp³-hybridized carbons (Fsp3) is 0.980. The molecule has 0 saturated heterocycles. The molecule has 8 heteroatoms. The van der Waals surface area contributed by atoms with E-state index in [1.807, 2.05) is 0 Å². The van der Waals surface area contributed by atoms with Gasteiger partial charge in [0.1, 0.15) is 0 Å². The van der Waals surface area contributed by atoms with Gasteiger partial charge in [-0.2, -0.15) is 0 Å². The first kappa shape index (κ1) is 85.2. The van der Waals surface area contributed by atoms with Gasteiger partial charge in [-0.1, -0.05) is 111 Å². The first-order chi connectivity index (χ1) is 52.4. The predicted molar refractivity (Wildman–Crippen MR) is 460 cm³/mol. The van der Waals surface area contributed by atoms with Gasteiger partial charge in [0.05, 0.1) is 25.0 Å². The van der Waals surface area contributed by atoms with Crippen LogP contribution >= 0.6 is 0 Å². The molecule has 0 spiro atoms. The van der Waals surface area contributed by atoms with Crippen LogP contribution in [-0.4, -0.2) is 117 Å². The molecule has 14 saturated carbocycles. The van der Waals surface area contributed by atoms with Crippen molar-refractivity contribution in [2.45, 2.75) is 480 Å². The van der Waals surface area contributed by atoms with E-state index in [2.05, 4.69) is 144 Å². The molecule has 14 aliphatic carbocycles. The summed E-state index contributed by atoms with van der Waals surface area (Å²) in [5.74, 6) is 13.7. The lowest BCUT2D eigenvalue weighted by Crippen LogP contribution is -2.75. The molecule has 630 valence electrons. The molecule has 0 amide bonds. The quantitative estimate of drug-likeness (QED) is 0.126. The highest BCUT2D eigenvalue weighted by atomic mass is 16.5. The molecule has 12 unspecified atom stereocenters. The van der Waals surface area contributed by atoms with Gasteiger partial charge in [0.15, 0.2) is 0 Å². The van der Waals surface area contributed by atoms with Crippen LogP contribution in [-0.2, 0) is 19.1 Å². The molecule has 8 nitrogen and oxygen atoms in total. The average Bonchev–Trinajstić information content (AvgIpc) is 0.684. The van der Waals surface area contributed by atoms with Gasteiger partial charge in [-0.25, -0.2) is 0 Å². The minimum atomic E-state index is 0.0576. The first-order valence-electron chi connectivity index (χ1n) is 49.9. The van der Waals surface area contributed by atoms with Crippen LogP contribution in [0.25, 0.3) is 0 Å². The Labute approximate surface area is 679 Å². The molecule has 14 fully saturated rings. The maximum Gasteiger partial charge on any atom is 0.308 e. The number of esters is 2. The first-order valence-corrected chi connectivity index (χ1v) is 49.9. The normalized spacial score (nSPS) is 45.0. The number of ether oxygens (including phenoxy) is 2. The van der Waals surface area contributed by atoms with Gasteiger partial charge in [0.2, 0.25) is 0 Å². The lowest BCUT2D eigenvalue weighted by Gasteiger charge is -2.73. The smallest absolute Gasteiger partial charge is 0.308 e. The summed E-state index contributed by atoms with van der Waals surface area (Å²) in [5.41, 5.74) is 1.39. The molecule has 14 aliphatic rings. The van der Waals surface area contributed by atoms with Gasteiger partial charge >= 0.3 is 11.9 Å². The Hall–Kier alpha value is -1.22. The van der Waals surface area contributed by atoms with Crippen LogP contribution in [0.1, 0.15) is 407 Å². The highest BCUT2D eigenvalue weighted by molar-refractivity contribution is 5.73. The van der Waals surface area contributed by atoms with E-state index in [9.17, 15) is 9.59 Å². The van der Waals surface area contributed by atoms with Crippen LogP contribution < -0.4 is 0 Å². The summed E-state index contributed by atoms with van der Waals surface area (Å²) in [4.78, 5) is 43.2. The maximum absolute atomic E-state index is 14.3. The van der Waals surface area contributed by atoms with Crippen molar-refractivity contribution in [3.05, 3.63) is 0 Å². The van der Waals surface area contributed by atoms with Crippen molar-refractivity contribution in [3.63, 3.8) is 0 Å². The van der Waals surface area contributed by atoms with Crippen molar-refractivity contribution in [1.82, 2.24) is 19.6 Å². The Balaban J connectivity index is 1.02. The van der Waals surface area contributed by atoms with E-state index in [-0.39, 0.29) is 23.8 Å². The lowest BCUT2D eigenvalue weighted by molar-refractivity contribution is -0.235. The number of carbonyl (C=O) groups is 2. The third-order valence-corrected chi connectivity index (χ3v) is 37.8. The summed E-state index contributed by atoms with van der Waals surface area (Å²) in [7, 11) is 0. The van der Waals surface area contributed by atoms with E-state index in [1.54, 1.807) is 0 Å². The van der Waals surface area contributed by atoms with Crippen LogP contribution in [0.2, 0.25) is 0 Å². The molecular formula is C102H178N4O4. The Morgan fingerprint density at radius 3 is 0.673 bits per heavy atom. The monoisotopic (exact) mass is 1520 g/mol. The molecule has 14 rings (SSSR count). The molecule has 0 aromatic rings. The van der Waals surface area contributed by atoms with Gasteiger partial charge in [0.25, 0.3) is 0 Å². The van der Waals surface area contributed by atoms with Gasteiger partial charge in [-0.3, -0.25) is 29.2 Å². The zero-order chi connectivity index (χ0) is 77.9. The molecular weight excluding hydrogens is 1350 g/mol. The molecule has 0 N–H and O–H groups in total. The third kappa shape index (κ3) is 18.7. The molecule has 0 bridgehead atoms. The second-order valence-electron chi connectivity index (χ2n) is 47.8. The third-order valence-electron chi connectivity index (χ3n) is 37.8. The van der Waals surface area contributed by atoms with E-state index < -0.39 is 0 Å². The van der Waals surface area contributed by atoms with E-state index >= 15 is 0 Å². The minimum Gasteiger partial charge on any atom is -0.466 e. The highest BCUT2D eigenvalue weighted by Gasteiger charge is 2.69. The molecule has 110 heavy (non-hydrogen) atoms. The zero-order valence-electron chi connectivity index (χ0n) is 75.4. The van der Waals surface area contributed by atoms with E-state index in [0.717, 1.165) is 73.0 Å². The zero-order valence-corrected chi connectivity index (χ0v) is 75.4. The number of carbonyl (C=O) groups excluding carboxylic acids is 2. The standard InChI is InChI=1S/C102H178N4O4/c1-19-109-97(107)71-33-29-69(30-34-71)85-61-87-89(103(77-45-21-65(3)22-46-77)81-53-37-73(38-54-81)99(7,8)9)64-92(106(80-51-27-68(6)28-52-80)84-59-43-76(44-60-84)102(16,17)18)94-86(70-31-35-72(36-32-70)98(108)110-20-2)62-88-90(104(78-47-23-66(4)24-48-78)82-55-39-74(40-56-82)100(10,11)12)63-91(93(85)95(88)96(87)94)105(79-49-25-67(5)26-50-79)83-57-41-75(42-58-83)101(13,14)15/h65-96H,19-64H2,1-18H3. The number of hydrogen-bond acceptors (Lipinski definition) is 8. The summed E-state index contributed by atoms with van der Waals surface area (Å²) in [6.45, 7) is 46.8. The molecule has 0 aliphatic heterocycles.